The smallest absolute Gasteiger partial charge is 0.119 e. The molecule has 2 aromatic carbocycles. The van der Waals surface area contributed by atoms with E-state index in [0.29, 0.717) is 12.5 Å². The largest absolute Gasteiger partial charge is 0.492 e. The fourth-order valence-electron chi connectivity index (χ4n) is 2.96. The molecule has 0 aliphatic carbocycles. The Morgan fingerprint density at radius 1 is 0.952 bits per heavy atom. The van der Waals surface area contributed by atoms with Gasteiger partial charge in [-0.05, 0) is 17.7 Å². The molecular weight excluding hydrogens is 260 g/mol. The Bertz CT molecular complexity index is 544. The van der Waals surface area contributed by atoms with Crippen LogP contribution in [-0.2, 0) is 0 Å². The molecule has 2 atom stereocenters. The molecule has 2 N–H and O–H groups in total. The first kappa shape index (κ1) is 14.1. The highest BCUT2D eigenvalue weighted by molar-refractivity contribution is 5.23. The lowest BCUT2D eigenvalue weighted by atomic mass is 9.95. The van der Waals surface area contributed by atoms with Crippen molar-refractivity contribution in [2.24, 2.45) is 5.73 Å². The van der Waals surface area contributed by atoms with Gasteiger partial charge in [-0.1, -0.05) is 48.5 Å². The number of nitrogens with two attached hydrogens (primary N) is 1. The third-order valence-corrected chi connectivity index (χ3v) is 4.09. The highest BCUT2D eigenvalue weighted by Crippen LogP contribution is 2.26. The Morgan fingerprint density at radius 3 is 2.33 bits per heavy atom. The van der Waals surface area contributed by atoms with Crippen LogP contribution in [0.1, 0.15) is 11.5 Å². The van der Waals surface area contributed by atoms with E-state index in [4.69, 9.17) is 10.5 Å². The number of likely N-dealkylation sites (tertiary alicyclic amines) is 1. The zero-order chi connectivity index (χ0) is 14.5. The molecule has 0 aromatic heterocycles. The zero-order valence-electron chi connectivity index (χ0n) is 12.2. The summed E-state index contributed by atoms with van der Waals surface area (Å²) in [5.74, 6) is 1.36. The highest BCUT2D eigenvalue weighted by Gasteiger charge is 2.30. The Balaban J connectivity index is 1.50. The lowest BCUT2D eigenvalue weighted by molar-refractivity contribution is 0.235. The summed E-state index contributed by atoms with van der Waals surface area (Å²) in [6.45, 7) is 3.59. The Hall–Kier alpha value is -1.84. The van der Waals surface area contributed by atoms with Crippen LogP contribution in [-0.4, -0.2) is 37.2 Å². The van der Waals surface area contributed by atoms with Crippen LogP contribution in [0, 0.1) is 0 Å². The summed E-state index contributed by atoms with van der Waals surface area (Å²) in [4.78, 5) is 2.39. The molecule has 1 aliphatic rings. The first-order chi connectivity index (χ1) is 10.3. The van der Waals surface area contributed by atoms with Crippen molar-refractivity contribution in [3.05, 3.63) is 66.2 Å². The molecule has 0 bridgehead atoms. The molecule has 0 amide bonds. The van der Waals surface area contributed by atoms with Gasteiger partial charge in [0.05, 0.1) is 0 Å². The number of nitrogens with zero attached hydrogens (tertiary/aromatic N) is 1. The summed E-state index contributed by atoms with van der Waals surface area (Å²) < 4.78 is 5.76. The number of para-hydroxylation sites is 1. The quantitative estimate of drug-likeness (QED) is 0.915. The van der Waals surface area contributed by atoms with E-state index < -0.39 is 0 Å². The number of rotatable bonds is 5. The van der Waals surface area contributed by atoms with Gasteiger partial charge in [-0.3, -0.25) is 4.90 Å². The molecule has 1 fully saturated rings. The number of hydrogen-bond acceptors (Lipinski definition) is 3. The molecule has 0 spiro atoms. The maximum Gasteiger partial charge on any atom is 0.119 e. The lowest BCUT2D eigenvalue weighted by Gasteiger charge is -2.16. The van der Waals surface area contributed by atoms with Crippen molar-refractivity contribution >= 4 is 0 Å². The SMILES string of the molecule is N[C@@H]1CN(CCOc2ccccc2)C[C@H]1c1ccccc1. The van der Waals surface area contributed by atoms with E-state index in [9.17, 15) is 0 Å². The third-order valence-electron chi connectivity index (χ3n) is 4.09. The van der Waals surface area contributed by atoms with Crippen LogP contribution in [0.2, 0.25) is 0 Å². The fourth-order valence-corrected chi connectivity index (χ4v) is 2.96. The summed E-state index contributed by atoms with van der Waals surface area (Å²) in [6, 6.07) is 20.7. The van der Waals surface area contributed by atoms with Crippen molar-refractivity contribution in [2.75, 3.05) is 26.2 Å². The van der Waals surface area contributed by atoms with Crippen LogP contribution in [0.15, 0.2) is 60.7 Å². The van der Waals surface area contributed by atoms with Crippen LogP contribution < -0.4 is 10.5 Å². The van der Waals surface area contributed by atoms with E-state index in [2.05, 4.69) is 35.2 Å². The zero-order valence-corrected chi connectivity index (χ0v) is 12.2. The minimum atomic E-state index is 0.212. The molecule has 1 heterocycles. The normalized spacial score (nSPS) is 22.3. The number of benzene rings is 2. The monoisotopic (exact) mass is 282 g/mol. The summed E-state index contributed by atoms with van der Waals surface area (Å²) in [7, 11) is 0. The van der Waals surface area contributed by atoms with Crippen LogP contribution in [0.25, 0.3) is 0 Å². The topological polar surface area (TPSA) is 38.5 Å². The van der Waals surface area contributed by atoms with Crippen LogP contribution in [0.5, 0.6) is 5.75 Å². The molecule has 0 radical (unpaired) electrons. The van der Waals surface area contributed by atoms with Gasteiger partial charge in [0.1, 0.15) is 12.4 Å². The van der Waals surface area contributed by atoms with Gasteiger partial charge in [0, 0.05) is 31.6 Å². The Morgan fingerprint density at radius 2 is 1.62 bits per heavy atom. The van der Waals surface area contributed by atoms with Crippen LogP contribution >= 0.6 is 0 Å². The van der Waals surface area contributed by atoms with Crippen molar-refractivity contribution in [3.8, 4) is 5.75 Å². The second kappa shape index (κ2) is 6.74. The second-order valence-corrected chi connectivity index (χ2v) is 5.60. The average molecular weight is 282 g/mol. The van der Waals surface area contributed by atoms with E-state index >= 15 is 0 Å². The van der Waals surface area contributed by atoms with Gasteiger partial charge in [-0.15, -0.1) is 0 Å². The van der Waals surface area contributed by atoms with Crippen molar-refractivity contribution in [1.29, 1.82) is 0 Å². The Kier molecular flexibility index (Phi) is 4.53. The van der Waals surface area contributed by atoms with Gasteiger partial charge in [0.25, 0.3) is 0 Å². The molecule has 0 unspecified atom stereocenters. The second-order valence-electron chi connectivity index (χ2n) is 5.60. The maximum atomic E-state index is 6.30. The summed E-state index contributed by atoms with van der Waals surface area (Å²) in [5, 5.41) is 0. The summed E-state index contributed by atoms with van der Waals surface area (Å²) >= 11 is 0. The predicted molar refractivity (Wildman–Crippen MR) is 85.5 cm³/mol. The summed E-state index contributed by atoms with van der Waals surface area (Å²) in [6.07, 6.45) is 0. The molecule has 1 aliphatic heterocycles. The fraction of sp³-hybridized carbons (Fsp3) is 0.333. The van der Waals surface area contributed by atoms with Crippen molar-refractivity contribution in [2.45, 2.75) is 12.0 Å². The lowest BCUT2D eigenvalue weighted by Crippen LogP contribution is -2.30. The van der Waals surface area contributed by atoms with Gasteiger partial charge in [-0.2, -0.15) is 0 Å². The van der Waals surface area contributed by atoms with Gasteiger partial charge in [0.2, 0.25) is 0 Å². The third kappa shape index (κ3) is 3.63. The molecule has 21 heavy (non-hydrogen) atoms. The van der Waals surface area contributed by atoms with Crippen molar-refractivity contribution < 1.29 is 4.74 Å². The minimum Gasteiger partial charge on any atom is -0.492 e. The van der Waals surface area contributed by atoms with Crippen molar-refractivity contribution in [1.82, 2.24) is 4.90 Å². The van der Waals surface area contributed by atoms with E-state index in [-0.39, 0.29) is 6.04 Å². The van der Waals surface area contributed by atoms with Gasteiger partial charge >= 0.3 is 0 Å². The average Bonchev–Trinajstić information content (AvgIpc) is 2.90. The first-order valence-corrected chi connectivity index (χ1v) is 7.53. The van der Waals surface area contributed by atoms with Gasteiger partial charge in [0.15, 0.2) is 0 Å². The van der Waals surface area contributed by atoms with E-state index in [1.54, 1.807) is 0 Å². The molecule has 3 nitrogen and oxygen atoms in total. The molecule has 1 saturated heterocycles. The van der Waals surface area contributed by atoms with E-state index in [1.165, 1.54) is 5.56 Å². The van der Waals surface area contributed by atoms with Crippen LogP contribution in [0.4, 0.5) is 0 Å². The van der Waals surface area contributed by atoms with Gasteiger partial charge < -0.3 is 10.5 Å². The predicted octanol–water partition coefficient (Wildman–Crippen LogP) is 2.49. The highest BCUT2D eigenvalue weighted by atomic mass is 16.5. The number of ether oxygens (including phenoxy) is 1. The molecule has 110 valence electrons. The molecule has 2 aromatic rings. The molecular formula is C18H22N2O. The summed E-state index contributed by atoms with van der Waals surface area (Å²) in [5.41, 5.74) is 7.65. The number of hydrogen-bond donors (Lipinski definition) is 1. The first-order valence-electron chi connectivity index (χ1n) is 7.53. The molecule has 3 heteroatoms. The van der Waals surface area contributed by atoms with Crippen molar-refractivity contribution in [3.63, 3.8) is 0 Å². The maximum absolute atomic E-state index is 6.30. The van der Waals surface area contributed by atoms with Gasteiger partial charge in [-0.25, -0.2) is 0 Å². The standard InChI is InChI=1S/C18H22N2O/c19-18-14-20(11-12-21-16-9-5-2-6-10-16)13-17(18)15-7-3-1-4-8-15/h1-10,17-18H,11-14,19H2/t17-,18+/m0/s1. The van der Waals surface area contributed by atoms with E-state index in [0.717, 1.165) is 25.4 Å². The van der Waals surface area contributed by atoms with E-state index in [1.807, 2.05) is 30.3 Å². The van der Waals surface area contributed by atoms with Crippen LogP contribution in [0.3, 0.4) is 0 Å². The minimum absolute atomic E-state index is 0.212. The Labute approximate surface area is 126 Å². The molecule has 3 rings (SSSR count). The molecule has 0 saturated carbocycles.